The summed E-state index contributed by atoms with van der Waals surface area (Å²) in [5.41, 5.74) is 1.71. The number of hydrazine groups is 1. The molecule has 3 nitrogen and oxygen atoms in total. The van der Waals surface area contributed by atoms with Gasteiger partial charge in [-0.2, -0.15) is 0 Å². The molecule has 3 heteroatoms. The first-order chi connectivity index (χ1) is 9.24. The van der Waals surface area contributed by atoms with Crippen LogP contribution >= 0.6 is 0 Å². The normalized spacial score (nSPS) is 11.9. The van der Waals surface area contributed by atoms with Crippen molar-refractivity contribution in [1.29, 1.82) is 0 Å². The van der Waals surface area contributed by atoms with Gasteiger partial charge in [0.15, 0.2) is 0 Å². The predicted molar refractivity (Wildman–Crippen MR) is 77.6 cm³/mol. The van der Waals surface area contributed by atoms with Crippen LogP contribution in [0.4, 0.5) is 5.69 Å². The van der Waals surface area contributed by atoms with Crippen molar-refractivity contribution in [2.45, 2.75) is 19.3 Å². The van der Waals surface area contributed by atoms with Crippen molar-refractivity contribution in [3.05, 3.63) is 66.2 Å². The van der Waals surface area contributed by atoms with Crippen LogP contribution in [0, 0.1) is 0 Å². The van der Waals surface area contributed by atoms with Crippen molar-refractivity contribution in [3.8, 4) is 0 Å². The highest BCUT2D eigenvalue weighted by atomic mass is 16.2. The molecule has 0 heterocycles. The zero-order chi connectivity index (χ0) is 13.7. The molecule has 2 N–H and O–H groups in total. The van der Waals surface area contributed by atoms with E-state index in [2.05, 4.69) is 0 Å². The van der Waals surface area contributed by atoms with Crippen LogP contribution in [0.5, 0.6) is 0 Å². The number of nitrogens with zero attached hydrogens (tertiary/aromatic N) is 1. The molecule has 1 unspecified atom stereocenters. The second kappa shape index (κ2) is 6.16. The quantitative estimate of drug-likeness (QED) is 0.518. The average molecular weight is 254 g/mol. The molecule has 19 heavy (non-hydrogen) atoms. The molecular formula is C16H18N2O. The topological polar surface area (TPSA) is 46.3 Å². The summed E-state index contributed by atoms with van der Waals surface area (Å²) < 4.78 is 0. The Morgan fingerprint density at radius 1 is 1.05 bits per heavy atom. The van der Waals surface area contributed by atoms with Gasteiger partial charge in [0, 0.05) is 0 Å². The molecule has 1 atom stereocenters. The zero-order valence-corrected chi connectivity index (χ0v) is 11.0. The number of carbonyl (C=O) groups excluding carboxylic acids is 1. The molecular weight excluding hydrogens is 236 g/mol. The van der Waals surface area contributed by atoms with Crippen molar-refractivity contribution in [1.82, 2.24) is 0 Å². The highest BCUT2D eigenvalue weighted by Crippen LogP contribution is 2.23. The number of carbonyl (C=O) groups is 1. The maximum Gasteiger partial charge on any atom is 0.248 e. The molecule has 0 aromatic heterocycles. The van der Waals surface area contributed by atoms with Gasteiger partial charge in [-0.05, 0) is 24.1 Å². The molecule has 0 aliphatic heterocycles. The zero-order valence-electron chi connectivity index (χ0n) is 11.0. The second-order valence-electron chi connectivity index (χ2n) is 4.42. The van der Waals surface area contributed by atoms with Gasteiger partial charge in [-0.25, -0.2) is 10.9 Å². The number of hydrogen-bond acceptors (Lipinski definition) is 2. The minimum Gasteiger partial charge on any atom is -0.272 e. The van der Waals surface area contributed by atoms with Gasteiger partial charge >= 0.3 is 0 Å². The highest BCUT2D eigenvalue weighted by molar-refractivity contribution is 5.97. The number of anilines is 1. The second-order valence-corrected chi connectivity index (χ2v) is 4.42. The predicted octanol–water partition coefficient (Wildman–Crippen LogP) is 3.09. The SMILES string of the molecule is CCC(C(=O)N(N)c1ccccc1)c1ccccc1. The van der Waals surface area contributed by atoms with Crippen molar-refractivity contribution >= 4 is 11.6 Å². The highest BCUT2D eigenvalue weighted by Gasteiger charge is 2.23. The molecule has 0 aliphatic rings. The summed E-state index contributed by atoms with van der Waals surface area (Å²) >= 11 is 0. The number of hydrogen-bond donors (Lipinski definition) is 1. The Hall–Kier alpha value is -2.13. The maximum absolute atomic E-state index is 12.5. The maximum atomic E-state index is 12.5. The van der Waals surface area contributed by atoms with E-state index in [1.54, 1.807) is 0 Å². The summed E-state index contributed by atoms with van der Waals surface area (Å²) in [6.07, 6.45) is 0.726. The van der Waals surface area contributed by atoms with Crippen LogP contribution in [0.2, 0.25) is 0 Å². The van der Waals surface area contributed by atoms with E-state index in [-0.39, 0.29) is 11.8 Å². The minimum absolute atomic E-state index is 0.0834. The lowest BCUT2D eigenvalue weighted by Gasteiger charge is -2.22. The van der Waals surface area contributed by atoms with Gasteiger partial charge in [0.25, 0.3) is 0 Å². The Morgan fingerprint density at radius 3 is 2.11 bits per heavy atom. The molecule has 2 rings (SSSR count). The molecule has 0 saturated carbocycles. The van der Waals surface area contributed by atoms with E-state index in [0.29, 0.717) is 5.69 Å². The van der Waals surface area contributed by atoms with Gasteiger partial charge in [0.1, 0.15) is 0 Å². The largest absolute Gasteiger partial charge is 0.272 e. The third kappa shape index (κ3) is 3.01. The lowest BCUT2D eigenvalue weighted by atomic mass is 9.95. The lowest BCUT2D eigenvalue weighted by Crippen LogP contribution is -2.40. The first-order valence-electron chi connectivity index (χ1n) is 6.42. The molecule has 0 radical (unpaired) electrons. The van der Waals surface area contributed by atoms with Crippen LogP contribution in [0.1, 0.15) is 24.8 Å². The average Bonchev–Trinajstić information content (AvgIpc) is 2.49. The van der Waals surface area contributed by atoms with Crippen molar-refractivity contribution in [2.75, 3.05) is 5.01 Å². The van der Waals surface area contributed by atoms with Crippen molar-refractivity contribution in [2.24, 2.45) is 5.84 Å². The van der Waals surface area contributed by atoms with Crippen LogP contribution in [0.3, 0.4) is 0 Å². The van der Waals surface area contributed by atoms with E-state index in [4.69, 9.17) is 5.84 Å². The van der Waals surface area contributed by atoms with E-state index >= 15 is 0 Å². The van der Waals surface area contributed by atoms with E-state index in [1.807, 2.05) is 67.6 Å². The van der Waals surface area contributed by atoms with Gasteiger partial charge in [0.2, 0.25) is 5.91 Å². The molecule has 0 aliphatic carbocycles. The van der Waals surface area contributed by atoms with E-state index < -0.39 is 0 Å². The monoisotopic (exact) mass is 254 g/mol. The van der Waals surface area contributed by atoms with Crippen LogP contribution < -0.4 is 10.9 Å². The Kier molecular flexibility index (Phi) is 4.31. The number of benzene rings is 2. The van der Waals surface area contributed by atoms with E-state index in [9.17, 15) is 4.79 Å². The van der Waals surface area contributed by atoms with Gasteiger partial charge in [-0.15, -0.1) is 0 Å². The first-order valence-corrected chi connectivity index (χ1v) is 6.42. The Balaban J connectivity index is 2.22. The Morgan fingerprint density at radius 2 is 1.58 bits per heavy atom. The number of rotatable bonds is 4. The standard InChI is InChI=1S/C16H18N2O/c1-2-15(13-9-5-3-6-10-13)16(19)18(17)14-11-7-4-8-12-14/h3-12,15H,2,17H2,1H3. The molecule has 2 aromatic carbocycles. The molecule has 0 saturated heterocycles. The fraction of sp³-hybridized carbons (Fsp3) is 0.188. The van der Waals surface area contributed by atoms with Crippen LogP contribution in [-0.4, -0.2) is 5.91 Å². The summed E-state index contributed by atoms with van der Waals surface area (Å²) in [5, 5.41) is 1.24. The summed E-state index contributed by atoms with van der Waals surface area (Å²) in [7, 11) is 0. The Bertz CT molecular complexity index is 525. The summed E-state index contributed by atoms with van der Waals surface area (Å²) in [6.45, 7) is 1.99. The number of nitrogens with two attached hydrogens (primary N) is 1. The number of amides is 1. The molecule has 0 bridgehead atoms. The van der Waals surface area contributed by atoms with Crippen molar-refractivity contribution in [3.63, 3.8) is 0 Å². The van der Waals surface area contributed by atoms with Crippen LogP contribution in [-0.2, 0) is 4.79 Å². The van der Waals surface area contributed by atoms with Gasteiger partial charge in [-0.3, -0.25) is 4.79 Å². The Labute approximate surface area is 113 Å². The molecule has 0 fully saturated rings. The molecule has 0 spiro atoms. The van der Waals surface area contributed by atoms with Gasteiger partial charge in [-0.1, -0.05) is 55.5 Å². The fourth-order valence-electron chi connectivity index (χ4n) is 2.12. The molecule has 98 valence electrons. The van der Waals surface area contributed by atoms with E-state index in [0.717, 1.165) is 12.0 Å². The lowest BCUT2D eigenvalue weighted by molar-refractivity contribution is -0.120. The van der Waals surface area contributed by atoms with Crippen molar-refractivity contribution < 1.29 is 4.79 Å². The fourth-order valence-corrected chi connectivity index (χ4v) is 2.12. The first kappa shape index (κ1) is 13.3. The molecule has 2 aromatic rings. The summed E-state index contributed by atoms with van der Waals surface area (Å²) in [4.78, 5) is 12.5. The van der Waals surface area contributed by atoms with E-state index in [1.165, 1.54) is 5.01 Å². The minimum atomic E-state index is -0.202. The third-order valence-electron chi connectivity index (χ3n) is 3.18. The third-order valence-corrected chi connectivity index (χ3v) is 3.18. The van der Waals surface area contributed by atoms with Crippen LogP contribution in [0.25, 0.3) is 0 Å². The summed E-state index contributed by atoms with van der Waals surface area (Å²) in [6, 6.07) is 19.0. The smallest absolute Gasteiger partial charge is 0.248 e. The van der Waals surface area contributed by atoms with Gasteiger partial charge in [0.05, 0.1) is 11.6 Å². The number of para-hydroxylation sites is 1. The van der Waals surface area contributed by atoms with Gasteiger partial charge < -0.3 is 0 Å². The summed E-state index contributed by atoms with van der Waals surface area (Å²) in [5.74, 6) is 5.65. The molecule has 1 amide bonds. The van der Waals surface area contributed by atoms with Crippen LogP contribution in [0.15, 0.2) is 60.7 Å².